The highest BCUT2D eigenvalue weighted by Crippen LogP contribution is 2.61. The van der Waals surface area contributed by atoms with Gasteiger partial charge in [0, 0.05) is 5.57 Å². The van der Waals surface area contributed by atoms with Gasteiger partial charge in [0.1, 0.15) is 0 Å². The van der Waals surface area contributed by atoms with Crippen LogP contribution in [-0.4, -0.2) is 12.6 Å². The van der Waals surface area contributed by atoms with E-state index in [4.69, 9.17) is 4.74 Å². The Kier molecular flexibility index (Phi) is 3.92. The van der Waals surface area contributed by atoms with Gasteiger partial charge in [-0.2, -0.15) is 0 Å². The standard InChI is InChI=1S/C18H28O2/c1-13(2)17(19)20-6-4-3-5-18-10-14-7-15(11-18)9-16(8-14)12-18/h14-16H,1,3-12H2,2H3. The Labute approximate surface area is 123 Å². The van der Waals surface area contributed by atoms with Crippen molar-refractivity contribution in [1.29, 1.82) is 0 Å². The fourth-order valence-corrected chi connectivity index (χ4v) is 5.49. The molecule has 0 aliphatic heterocycles. The van der Waals surface area contributed by atoms with Crippen LogP contribution in [0.5, 0.6) is 0 Å². The average molecular weight is 276 g/mol. The third kappa shape index (κ3) is 2.94. The van der Waals surface area contributed by atoms with Crippen molar-refractivity contribution in [1.82, 2.24) is 0 Å². The van der Waals surface area contributed by atoms with Crippen LogP contribution in [-0.2, 0) is 9.53 Å². The second-order valence-corrected chi connectivity index (χ2v) is 7.79. The number of carbonyl (C=O) groups excluding carboxylic acids is 1. The summed E-state index contributed by atoms with van der Waals surface area (Å²) in [6.07, 6.45) is 12.6. The summed E-state index contributed by atoms with van der Waals surface area (Å²) in [5, 5.41) is 0. The van der Waals surface area contributed by atoms with Crippen LogP contribution >= 0.6 is 0 Å². The van der Waals surface area contributed by atoms with Crippen molar-refractivity contribution in [2.45, 2.75) is 64.7 Å². The van der Waals surface area contributed by atoms with Gasteiger partial charge in [-0.1, -0.05) is 6.58 Å². The first kappa shape index (κ1) is 14.2. The molecular weight excluding hydrogens is 248 g/mol. The Hall–Kier alpha value is -0.790. The van der Waals surface area contributed by atoms with Gasteiger partial charge in [-0.3, -0.25) is 0 Å². The Bertz CT molecular complexity index is 361. The third-order valence-corrected chi connectivity index (χ3v) is 5.85. The third-order valence-electron chi connectivity index (χ3n) is 5.85. The summed E-state index contributed by atoms with van der Waals surface area (Å²) < 4.78 is 5.19. The number of unbranched alkanes of at least 4 members (excludes halogenated alkanes) is 1. The quantitative estimate of drug-likeness (QED) is 0.406. The van der Waals surface area contributed by atoms with E-state index in [1.54, 1.807) is 6.92 Å². The van der Waals surface area contributed by atoms with Crippen LogP contribution in [0.25, 0.3) is 0 Å². The molecule has 4 rings (SSSR count). The summed E-state index contributed by atoms with van der Waals surface area (Å²) in [6.45, 7) is 5.88. The van der Waals surface area contributed by atoms with Crippen molar-refractivity contribution in [3.05, 3.63) is 12.2 Å². The van der Waals surface area contributed by atoms with Crippen LogP contribution in [0.4, 0.5) is 0 Å². The molecule has 20 heavy (non-hydrogen) atoms. The van der Waals surface area contributed by atoms with Crippen LogP contribution < -0.4 is 0 Å². The lowest BCUT2D eigenvalue weighted by molar-refractivity contribution is -0.139. The Morgan fingerprint density at radius 2 is 1.65 bits per heavy atom. The summed E-state index contributed by atoms with van der Waals surface area (Å²) in [6, 6.07) is 0. The van der Waals surface area contributed by atoms with Crippen LogP contribution in [0, 0.1) is 23.2 Å². The summed E-state index contributed by atoms with van der Waals surface area (Å²) in [7, 11) is 0. The number of rotatable bonds is 6. The van der Waals surface area contributed by atoms with Crippen molar-refractivity contribution in [2.75, 3.05) is 6.61 Å². The lowest BCUT2D eigenvalue weighted by Crippen LogP contribution is -2.45. The molecule has 4 aliphatic rings. The van der Waals surface area contributed by atoms with Crippen molar-refractivity contribution in [2.24, 2.45) is 23.2 Å². The first-order valence-corrected chi connectivity index (χ1v) is 8.39. The zero-order chi connectivity index (χ0) is 14.2. The molecule has 0 aromatic heterocycles. The summed E-state index contributed by atoms with van der Waals surface area (Å²) in [4.78, 5) is 11.3. The monoisotopic (exact) mass is 276 g/mol. The Morgan fingerprint density at radius 1 is 1.10 bits per heavy atom. The maximum absolute atomic E-state index is 11.3. The second-order valence-electron chi connectivity index (χ2n) is 7.79. The molecule has 0 spiro atoms. The topological polar surface area (TPSA) is 26.3 Å². The molecule has 112 valence electrons. The number of hydrogen-bond acceptors (Lipinski definition) is 2. The lowest BCUT2D eigenvalue weighted by Gasteiger charge is -2.57. The van der Waals surface area contributed by atoms with Crippen molar-refractivity contribution in [3.63, 3.8) is 0 Å². The van der Waals surface area contributed by atoms with Crippen LogP contribution in [0.2, 0.25) is 0 Å². The Balaban J connectivity index is 1.40. The van der Waals surface area contributed by atoms with E-state index in [0.29, 0.717) is 17.6 Å². The van der Waals surface area contributed by atoms with Crippen molar-refractivity contribution < 1.29 is 9.53 Å². The van der Waals surface area contributed by atoms with Crippen molar-refractivity contribution >= 4 is 5.97 Å². The molecule has 0 radical (unpaired) electrons. The minimum atomic E-state index is -0.236. The minimum absolute atomic E-state index is 0.236. The van der Waals surface area contributed by atoms with E-state index in [2.05, 4.69) is 6.58 Å². The predicted molar refractivity (Wildman–Crippen MR) is 80.2 cm³/mol. The van der Waals surface area contributed by atoms with E-state index >= 15 is 0 Å². The lowest BCUT2D eigenvalue weighted by atomic mass is 9.48. The highest BCUT2D eigenvalue weighted by atomic mass is 16.5. The molecule has 0 aromatic rings. The fraction of sp³-hybridized carbons (Fsp3) is 0.833. The van der Waals surface area contributed by atoms with Crippen LogP contribution in [0.1, 0.15) is 64.7 Å². The largest absolute Gasteiger partial charge is 0.462 e. The van der Waals surface area contributed by atoms with E-state index in [9.17, 15) is 4.79 Å². The van der Waals surface area contributed by atoms with Gasteiger partial charge in [0.15, 0.2) is 0 Å². The molecule has 4 saturated carbocycles. The molecule has 4 fully saturated rings. The zero-order valence-electron chi connectivity index (χ0n) is 12.8. The molecule has 0 amide bonds. The molecule has 0 N–H and O–H groups in total. The summed E-state index contributed by atoms with van der Waals surface area (Å²) in [5.74, 6) is 2.90. The van der Waals surface area contributed by atoms with Gasteiger partial charge >= 0.3 is 5.97 Å². The van der Waals surface area contributed by atoms with E-state index in [1.165, 1.54) is 51.4 Å². The number of ether oxygens (including phenoxy) is 1. The number of esters is 1. The first-order valence-electron chi connectivity index (χ1n) is 8.39. The maximum Gasteiger partial charge on any atom is 0.333 e. The molecule has 0 aromatic carbocycles. The zero-order valence-corrected chi connectivity index (χ0v) is 12.8. The van der Waals surface area contributed by atoms with Crippen LogP contribution in [0.3, 0.4) is 0 Å². The van der Waals surface area contributed by atoms with Gasteiger partial charge < -0.3 is 4.74 Å². The van der Waals surface area contributed by atoms with Gasteiger partial charge in [-0.05, 0) is 87.9 Å². The number of hydrogen-bond donors (Lipinski definition) is 0. The fourth-order valence-electron chi connectivity index (χ4n) is 5.49. The van der Waals surface area contributed by atoms with E-state index < -0.39 is 0 Å². The average Bonchev–Trinajstić information content (AvgIpc) is 2.36. The minimum Gasteiger partial charge on any atom is -0.462 e. The molecule has 4 bridgehead atoms. The van der Waals surface area contributed by atoms with E-state index in [0.717, 1.165) is 24.2 Å². The van der Waals surface area contributed by atoms with Gasteiger partial charge in [-0.15, -0.1) is 0 Å². The first-order chi connectivity index (χ1) is 9.56. The number of carbonyl (C=O) groups is 1. The van der Waals surface area contributed by atoms with Crippen molar-refractivity contribution in [3.8, 4) is 0 Å². The molecule has 2 heteroatoms. The highest BCUT2D eigenvalue weighted by molar-refractivity contribution is 5.86. The van der Waals surface area contributed by atoms with Gasteiger partial charge in [0.25, 0.3) is 0 Å². The molecule has 0 unspecified atom stereocenters. The smallest absolute Gasteiger partial charge is 0.333 e. The molecule has 0 heterocycles. The Morgan fingerprint density at radius 3 is 2.15 bits per heavy atom. The van der Waals surface area contributed by atoms with Crippen LogP contribution in [0.15, 0.2) is 12.2 Å². The summed E-state index contributed by atoms with van der Waals surface area (Å²) >= 11 is 0. The maximum atomic E-state index is 11.3. The summed E-state index contributed by atoms with van der Waals surface area (Å²) in [5.41, 5.74) is 1.18. The normalized spacial score (nSPS) is 38.0. The molecule has 4 aliphatic carbocycles. The van der Waals surface area contributed by atoms with Gasteiger partial charge in [-0.25, -0.2) is 4.79 Å². The SMILES string of the molecule is C=C(C)C(=O)OCCCCC12CC3CC(CC(C3)C1)C2. The molecule has 0 atom stereocenters. The molecular formula is C18H28O2. The van der Waals surface area contributed by atoms with E-state index in [-0.39, 0.29) is 5.97 Å². The molecule has 0 saturated heterocycles. The van der Waals surface area contributed by atoms with E-state index in [1.807, 2.05) is 0 Å². The molecule has 2 nitrogen and oxygen atoms in total. The highest BCUT2D eigenvalue weighted by Gasteiger charge is 2.50. The predicted octanol–water partition coefficient (Wildman–Crippen LogP) is 4.49. The second kappa shape index (κ2) is 5.54. The van der Waals surface area contributed by atoms with Gasteiger partial charge in [0.2, 0.25) is 0 Å². The van der Waals surface area contributed by atoms with Gasteiger partial charge in [0.05, 0.1) is 6.61 Å².